The van der Waals surface area contributed by atoms with Gasteiger partial charge in [0.2, 0.25) is 0 Å². The van der Waals surface area contributed by atoms with Crippen LogP contribution in [0.1, 0.15) is 117 Å². The predicted molar refractivity (Wildman–Crippen MR) is 114 cm³/mol. The molecule has 0 fully saturated rings. The lowest BCUT2D eigenvalue weighted by Gasteiger charge is -2.16. The third-order valence-corrected chi connectivity index (χ3v) is 5.21. The summed E-state index contributed by atoms with van der Waals surface area (Å²) < 4.78 is 5.61. The first kappa shape index (κ1) is 25.4. The molecule has 0 aromatic rings. The monoisotopic (exact) mass is 369 g/mol. The summed E-state index contributed by atoms with van der Waals surface area (Å²) in [7, 11) is 1.99. The molecule has 0 aromatic heterocycles. The van der Waals surface area contributed by atoms with E-state index in [0.29, 0.717) is 6.61 Å². The van der Waals surface area contributed by atoms with Gasteiger partial charge in [-0.25, -0.2) is 0 Å². The molecule has 0 heterocycles. The van der Waals surface area contributed by atoms with Crippen molar-refractivity contribution in [3.63, 3.8) is 0 Å². The minimum atomic E-state index is 0.0743. The molecule has 0 spiro atoms. The molecule has 0 aromatic carbocycles. The van der Waals surface area contributed by atoms with Gasteiger partial charge in [-0.15, -0.1) is 0 Å². The van der Waals surface area contributed by atoms with Gasteiger partial charge < -0.3 is 10.1 Å². The minimum Gasteiger partial charge on any atom is -0.465 e. The lowest BCUT2D eigenvalue weighted by atomic mass is 9.94. The number of ether oxygens (including phenoxy) is 1. The average Bonchev–Trinajstić information content (AvgIpc) is 2.65. The second kappa shape index (κ2) is 20.7. The number of esters is 1. The average molecular weight is 370 g/mol. The Morgan fingerprint density at radius 2 is 1.23 bits per heavy atom. The zero-order valence-corrected chi connectivity index (χ0v) is 18.1. The molecule has 1 atom stereocenters. The van der Waals surface area contributed by atoms with E-state index in [0.717, 1.165) is 32.2 Å². The molecule has 0 saturated heterocycles. The fourth-order valence-corrected chi connectivity index (χ4v) is 3.42. The van der Waals surface area contributed by atoms with E-state index in [9.17, 15) is 4.79 Å². The van der Waals surface area contributed by atoms with Gasteiger partial charge in [0.05, 0.1) is 12.5 Å². The molecule has 0 aliphatic carbocycles. The highest BCUT2D eigenvalue weighted by Crippen LogP contribution is 2.20. The van der Waals surface area contributed by atoms with Gasteiger partial charge >= 0.3 is 5.97 Å². The largest absolute Gasteiger partial charge is 0.465 e. The Hall–Kier alpha value is -0.570. The SMILES string of the molecule is CCCCCCCCC(CCCCCC)C(=O)OCCCCCCNC. The minimum absolute atomic E-state index is 0.0743. The zero-order valence-electron chi connectivity index (χ0n) is 18.1. The normalized spacial score (nSPS) is 12.3. The predicted octanol–water partition coefficient (Wildman–Crippen LogP) is 6.65. The summed E-state index contributed by atoms with van der Waals surface area (Å²) in [5, 5.41) is 3.17. The van der Waals surface area contributed by atoms with Crippen molar-refractivity contribution < 1.29 is 9.53 Å². The molecule has 0 radical (unpaired) electrons. The molecule has 0 rings (SSSR count). The first-order chi connectivity index (χ1) is 12.8. The summed E-state index contributed by atoms with van der Waals surface area (Å²) in [6, 6.07) is 0. The van der Waals surface area contributed by atoms with Crippen molar-refractivity contribution in [2.75, 3.05) is 20.2 Å². The van der Waals surface area contributed by atoms with Crippen molar-refractivity contribution in [1.29, 1.82) is 0 Å². The summed E-state index contributed by atoms with van der Waals surface area (Å²) in [4.78, 5) is 12.5. The van der Waals surface area contributed by atoms with Crippen LogP contribution in [0.5, 0.6) is 0 Å². The van der Waals surface area contributed by atoms with E-state index in [1.807, 2.05) is 7.05 Å². The van der Waals surface area contributed by atoms with Crippen LogP contribution in [0.3, 0.4) is 0 Å². The zero-order chi connectivity index (χ0) is 19.3. The van der Waals surface area contributed by atoms with Gasteiger partial charge in [-0.1, -0.05) is 90.9 Å². The molecule has 0 bridgehead atoms. The Kier molecular flexibility index (Phi) is 20.3. The second-order valence-electron chi connectivity index (χ2n) is 7.79. The lowest BCUT2D eigenvalue weighted by Crippen LogP contribution is -2.18. The lowest BCUT2D eigenvalue weighted by molar-refractivity contribution is -0.149. The number of unbranched alkanes of at least 4 members (excludes halogenated alkanes) is 11. The maximum Gasteiger partial charge on any atom is 0.308 e. The molecular formula is C23H47NO2. The van der Waals surface area contributed by atoms with E-state index >= 15 is 0 Å². The highest BCUT2D eigenvalue weighted by atomic mass is 16.5. The number of nitrogens with one attached hydrogen (secondary N) is 1. The molecule has 0 amide bonds. The van der Waals surface area contributed by atoms with Crippen LogP contribution in [-0.4, -0.2) is 26.2 Å². The number of hydrogen-bond acceptors (Lipinski definition) is 3. The van der Waals surface area contributed by atoms with Crippen molar-refractivity contribution >= 4 is 5.97 Å². The van der Waals surface area contributed by atoms with Gasteiger partial charge in [0, 0.05) is 0 Å². The fraction of sp³-hybridized carbons (Fsp3) is 0.957. The van der Waals surface area contributed by atoms with Crippen molar-refractivity contribution in [3.05, 3.63) is 0 Å². The van der Waals surface area contributed by atoms with Crippen molar-refractivity contribution in [3.8, 4) is 0 Å². The third-order valence-electron chi connectivity index (χ3n) is 5.21. The molecule has 3 nitrogen and oxygen atoms in total. The molecular weight excluding hydrogens is 322 g/mol. The fourth-order valence-electron chi connectivity index (χ4n) is 3.42. The van der Waals surface area contributed by atoms with Gasteiger partial charge in [0.25, 0.3) is 0 Å². The first-order valence-electron chi connectivity index (χ1n) is 11.6. The van der Waals surface area contributed by atoms with Gasteiger partial charge in [-0.3, -0.25) is 4.79 Å². The molecule has 1 N–H and O–H groups in total. The van der Waals surface area contributed by atoms with Gasteiger partial charge in [-0.05, 0) is 39.3 Å². The van der Waals surface area contributed by atoms with Crippen LogP contribution in [0, 0.1) is 5.92 Å². The summed E-state index contributed by atoms with van der Waals surface area (Å²) in [5.74, 6) is 0.215. The molecule has 26 heavy (non-hydrogen) atoms. The smallest absolute Gasteiger partial charge is 0.308 e. The number of hydrogen-bond donors (Lipinski definition) is 1. The van der Waals surface area contributed by atoms with Crippen LogP contribution in [0.25, 0.3) is 0 Å². The van der Waals surface area contributed by atoms with E-state index < -0.39 is 0 Å². The van der Waals surface area contributed by atoms with Crippen molar-refractivity contribution in [2.24, 2.45) is 5.92 Å². The van der Waals surface area contributed by atoms with E-state index in [4.69, 9.17) is 4.74 Å². The van der Waals surface area contributed by atoms with Gasteiger partial charge in [0.15, 0.2) is 0 Å². The Morgan fingerprint density at radius 3 is 1.85 bits per heavy atom. The summed E-state index contributed by atoms with van der Waals surface area (Å²) >= 11 is 0. The molecule has 0 aliphatic heterocycles. The van der Waals surface area contributed by atoms with Crippen LogP contribution in [0.15, 0.2) is 0 Å². The molecule has 156 valence electrons. The maximum atomic E-state index is 12.5. The van der Waals surface area contributed by atoms with Gasteiger partial charge in [-0.2, -0.15) is 0 Å². The summed E-state index contributed by atoms with van der Waals surface area (Å²) in [6.07, 6.45) is 19.4. The van der Waals surface area contributed by atoms with E-state index in [2.05, 4.69) is 19.2 Å². The van der Waals surface area contributed by atoms with Gasteiger partial charge in [0.1, 0.15) is 0 Å². The second-order valence-corrected chi connectivity index (χ2v) is 7.79. The Balaban J connectivity index is 3.95. The molecule has 3 heteroatoms. The van der Waals surface area contributed by atoms with E-state index in [1.165, 1.54) is 77.0 Å². The quantitative estimate of drug-likeness (QED) is 0.193. The summed E-state index contributed by atoms with van der Waals surface area (Å²) in [6.45, 7) is 6.18. The van der Waals surface area contributed by atoms with Crippen LogP contribution in [-0.2, 0) is 9.53 Å². The van der Waals surface area contributed by atoms with Crippen molar-refractivity contribution in [1.82, 2.24) is 5.32 Å². The Morgan fingerprint density at radius 1 is 0.731 bits per heavy atom. The Labute approximate surface area is 164 Å². The van der Waals surface area contributed by atoms with Crippen LogP contribution >= 0.6 is 0 Å². The van der Waals surface area contributed by atoms with Crippen LogP contribution in [0.2, 0.25) is 0 Å². The standard InChI is InChI=1S/C23H47NO2/c1-4-6-8-10-11-15-19-22(18-14-9-7-5-2)23(25)26-21-17-13-12-16-20-24-3/h22,24H,4-21H2,1-3H3. The highest BCUT2D eigenvalue weighted by molar-refractivity contribution is 5.72. The van der Waals surface area contributed by atoms with E-state index in [-0.39, 0.29) is 11.9 Å². The van der Waals surface area contributed by atoms with E-state index in [1.54, 1.807) is 0 Å². The van der Waals surface area contributed by atoms with Crippen molar-refractivity contribution in [2.45, 2.75) is 117 Å². The molecule has 1 unspecified atom stereocenters. The highest BCUT2D eigenvalue weighted by Gasteiger charge is 2.19. The maximum absolute atomic E-state index is 12.5. The summed E-state index contributed by atoms with van der Waals surface area (Å²) in [5.41, 5.74) is 0. The van der Waals surface area contributed by atoms with Crippen LogP contribution in [0.4, 0.5) is 0 Å². The number of carbonyl (C=O) groups is 1. The van der Waals surface area contributed by atoms with Crippen LogP contribution < -0.4 is 5.32 Å². The third kappa shape index (κ3) is 16.9. The topological polar surface area (TPSA) is 38.3 Å². The molecule has 0 saturated carbocycles. The molecule has 0 aliphatic rings. The number of carbonyl (C=O) groups excluding carboxylic acids is 1. The first-order valence-corrected chi connectivity index (χ1v) is 11.6. The number of rotatable bonds is 20. The Bertz CT molecular complexity index is 294.